The Morgan fingerprint density at radius 3 is 2.15 bits per heavy atom. The van der Waals surface area contributed by atoms with Crippen molar-refractivity contribution in [3.8, 4) is 23.0 Å². The first kappa shape index (κ1) is 16.3. The van der Waals surface area contributed by atoms with E-state index in [1.165, 1.54) is 0 Å². The summed E-state index contributed by atoms with van der Waals surface area (Å²) in [4.78, 5) is 12.3. The molecule has 0 saturated carbocycles. The van der Waals surface area contributed by atoms with Gasteiger partial charge in [-0.15, -0.1) is 0 Å². The van der Waals surface area contributed by atoms with E-state index >= 15 is 0 Å². The summed E-state index contributed by atoms with van der Waals surface area (Å²) < 4.78 is 27.0. The third-order valence-electron chi connectivity index (χ3n) is 5.43. The Labute approximate surface area is 156 Å². The van der Waals surface area contributed by atoms with Crippen molar-refractivity contribution in [3.05, 3.63) is 47.5 Å². The Morgan fingerprint density at radius 2 is 1.41 bits per heavy atom. The van der Waals surface area contributed by atoms with Crippen LogP contribution < -0.4 is 18.9 Å². The summed E-state index contributed by atoms with van der Waals surface area (Å²) >= 11 is 0. The maximum absolute atomic E-state index is 12.3. The van der Waals surface area contributed by atoms with Crippen LogP contribution in [0.5, 0.6) is 23.0 Å². The van der Waals surface area contributed by atoms with Gasteiger partial charge in [-0.3, -0.25) is 4.79 Å². The molecule has 27 heavy (non-hydrogen) atoms. The molecule has 1 saturated heterocycles. The van der Waals surface area contributed by atoms with Gasteiger partial charge in [0.15, 0.2) is 23.0 Å². The molecule has 3 aliphatic heterocycles. The Balaban J connectivity index is 1.26. The molecule has 2 aromatic rings. The summed E-state index contributed by atoms with van der Waals surface area (Å²) in [6, 6.07) is 11.9. The molecule has 6 heteroatoms. The summed E-state index contributed by atoms with van der Waals surface area (Å²) in [6.45, 7) is 1.01. The summed E-state index contributed by atoms with van der Waals surface area (Å²) in [6.07, 6.45) is 2.34. The van der Waals surface area contributed by atoms with Crippen LogP contribution >= 0.6 is 0 Å². The highest BCUT2D eigenvalue weighted by Crippen LogP contribution is 2.36. The van der Waals surface area contributed by atoms with Crippen molar-refractivity contribution in [1.82, 2.24) is 0 Å². The van der Waals surface area contributed by atoms with E-state index < -0.39 is 0 Å². The minimum absolute atomic E-state index is 0.0958. The number of cyclic esters (lactones) is 1. The van der Waals surface area contributed by atoms with Gasteiger partial charge in [0.05, 0.1) is 12.5 Å². The number of esters is 1. The molecule has 0 N–H and O–H groups in total. The number of aryl methyl sites for hydroxylation is 1. The molecule has 140 valence electrons. The minimum Gasteiger partial charge on any atom is -0.465 e. The van der Waals surface area contributed by atoms with Crippen molar-refractivity contribution in [2.75, 3.05) is 20.2 Å². The standard InChI is InChI=1S/C21H20O6/c22-21-16(4-1-13-2-5-17-19(8-13)26-11-24-17)15(10-23-21)7-14-3-6-18-20(9-14)27-12-25-18/h2-3,5-6,8-9,15-16H,1,4,7,10-12H2/t15-,16+/m0/s1. The summed E-state index contributed by atoms with van der Waals surface area (Å²) in [5, 5.41) is 0. The minimum atomic E-state index is -0.0964. The summed E-state index contributed by atoms with van der Waals surface area (Å²) in [5.74, 6) is 3.08. The first-order chi connectivity index (χ1) is 13.3. The van der Waals surface area contributed by atoms with Gasteiger partial charge in [0.25, 0.3) is 0 Å². The molecule has 5 rings (SSSR count). The first-order valence-corrected chi connectivity index (χ1v) is 9.20. The topological polar surface area (TPSA) is 63.2 Å². The molecule has 2 aromatic carbocycles. The Morgan fingerprint density at radius 1 is 0.778 bits per heavy atom. The van der Waals surface area contributed by atoms with Crippen LogP contribution in [0.4, 0.5) is 0 Å². The van der Waals surface area contributed by atoms with Crippen LogP contribution in [0.15, 0.2) is 36.4 Å². The van der Waals surface area contributed by atoms with Gasteiger partial charge in [0.2, 0.25) is 13.6 Å². The number of rotatable bonds is 5. The van der Waals surface area contributed by atoms with E-state index in [0.717, 1.165) is 53.4 Å². The molecular formula is C21H20O6. The predicted octanol–water partition coefficient (Wildman–Crippen LogP) is 3.11. The van der Waals surface area contributed by atoms with E-state index in [9.17, 15) is 4.79 Å². The second-order valence-electron chi connectivity index (χ2n) is 7.11. The van der Waals surface area contributed by atoms with E-state index in [1.807, 2.05) is 36.4 Å². The van der Waals surface area contributed by atoms with E-state index in [1.54, 1.807) is 0 Å². The molecule has 1 fully saturated rings. The third kappa shape index (κ3) is 3.16. The van der Waals surface area contributed by atoms with Crippen molar-refractivity contribution < 1.29 is 28.5 Å². The van der Waals surface area contributed by atoms with Crippen molar-refractivity contribution in [1.29, 1.82) is 0 Å². The summed E-state index contributed by atoms with van der Waals surface area (Å²) in [7, 11) is 0. The van der Waals surface area contributed by atoms with Gasteiger partial charge in [0.1, 0.15) is 0 Å². The molecule has 0 amide bonds. The van der Waals surface area contributed by atoms with E-state index in [-0.39, 0.29) is 31.4 Å². The number of fused-ring (bicyclic) bond motifs is 2. The zero-order chi connectivity index (χ0) is 18.2. The lowest BCUT2D eigenvalue weighted by Gasteiger charge is -2.15. The highest BCUT2D eigenvalue weighted by molar-refractivity contribution is 5.74. The normalized spacial score (nSPS) is 22.1. The van der Waals surface area contributed by atoms with Gasteiger partial charge in [-0.2, -0.15) is 0 Å². The zero-order valence-electron chi connectivity index (χ0n) is 14.8. The van der Waals surface area contributed by atoms with Gasteiger partial charge < -0.3 is 23.7 Å². The van der Waals surface area contributed by atoms with Crippen molar-refractivity contribution in [2.45, 2.75) is 19.3 Å². The lowest BCUT2D eigenvalue weighted by Crippen LogP contribution is -2.19. The number of ether oxygens (including phenoxy) is 5. The predicted molar refractivity (Wildman–Crippen MR) is 95.1 cm³/mol. The van der Waals surface area contributed by atoms with Gasteiger partial charge in [-0.1, -0.05) is 12.1 Å². The first-order valence-electron chi connectivity index (χ1n) is 9.20. The van der Waals surface area contributed by atoms with Gasteiger partial charge in [-0.05, 0) is 54.7 Å². The molecular weight excluding hydrogens is 348 g/mol. The fraction of sp³-hybridized carbons (Fsp3) is 0.381. The lowest BCUT2D eigenvalue weighted by atomic mass is 9.85. The lowest BCUT2D eigenvalue weighted by molar-refractivity contribution is -0.141. The number of hydrogen-bond acceptors (Lipinski definition) is 6. The van der Waals surface area contributed by atoms with Crippen LogP contribution in [0, 0.1) is 11.8 Å². The van der Waals surface area contributed by atoms with Crippen molar-refractivity contribution in [2.24, 2.45) is 11.8 Å². The molecule has 2 atom stereocenters. The average molecular weight is 368 g/mol. The molecule has 0 bridgehead atoms. The van der Waals surface area contributed by atoms with Crippen molar-refractivity contribution in [3.63, 3.8) is 0 Å². The van der Waals surface area contributed by atoms with Gasteiger partial charge in [0, 0.05) is 5.92 Å². The SMILES string of the molecule is O=C1OC[C@H](Cc2ccc3c(c2)OCO3)[C@H]1CCc1ccc2c(c1)OCO2. The molecule has 0 spiro atoms. The van der Waals surface area contributed by atoms with E-state index in [0.29, 0.717) is 6.61 Å². The smallest absolute Gasteiger partial charge is 0.309 e. The second-order valence-corrected chi connectivity index (χ2v) is 7.11. The van der Waals surface area contributed by atoms with Crippen molar-refractivity contribution >= 4 is 5.97 Å². The molecule has 3 heterocycles. The molecule has 0 aromatic heterocycles. The summed E-state index contributed by atoms with van der Waals surface area (Å²) in [5.41, 5.74) is 2.27. The molecule has 0 radical (unpaired) electrons. The number of carbonyl (C=O) groups is 1. The van der Waals surface area contributed by atoms with Crippen LogP contribution in [0.3, 0.4) is 0 Å². The van der Waals surface area contributed by atoms with Crippen LogP contribution in [-0.4, -0.2) is 26.2 Å². The van der Waals surface area contributed by atoms with Gasteiger partial charge in [-0.25, -0.2) is 0 Å². The molecule has 0 aliphatic carbocycles. The highest BCUT2D eigenvalue weighted by Gasteiger charge is 2.36. The van der Waals surface area contributed by atoms with Crippen LogP contribution in [0.25, 0.3) is 0 Å². The number of benzene rings is 2. The average Bonchev–Trinajstić information content (AvgIpc) is 3.40. The van der Waals surface area contributed by atoms with Crippen LogP contribution in [-0.2, 0) is 22.4 Å². The Hall–Kier alpha value is -2.89. The maximum Gasteiger partial charge on any atom is 0.309 e. The maximum atomic E-state index is 12.3. The highest BCUT2D eigenvalue weighted by atomic mass is 16.7. The molecule has 6 nitrogen and oxygen atoms in total. The monoisotopic (exact) mass is 368 g/mol. The van der Waals surface area contributed by atoms with E-state index in [4.69, 9.17) is 23.7 Å². The number of hydrogen-bond donors (Lipinski definition) is 0. The fourth-order valence-electron chi connectivity index (χ4n) is 3.95. The zero-order valence-corrected chi connectivity index (χ0v) is 14.8. The van der Waals surface area contributed by atoms with Gasteiger partial charge >= 0.3 is 5.97 Å². The fourth-order valence-corrected chi connectivity index (χ4v) is 3.95. The van der Waals surface area contributed by atoms with E-state index in [2.05, 4.69) is 0 Å². The number of carbonyl (C=O) groups excluding carboxylic acids is 1. The third-order valence-corrected chi connectivity index (χ3v) is 5.43. The largest absolute Gasteiger partial charge is 0.465 e. The second kappa shape index (κ2) is 6.68. The van der Waals surface area contributed by atoms with Crippen LogP contribution in [0.2, 0.25) is 0 Å². The Bertz CT molecular complexity index is 877. The Kier molecular flexibility index (Phi) is 4.03. The molecule has 3 aliphatic rings. The quantitative estimate of drug-likeness (QED) is 0.756. The van der Waals surface area contributed by atoms with Crippen LogP contribution in [0.1, 0.15) is 17.5 Å². The molecule has 0 unspecified atom stereocenters.